The molecule has 2 aromatic rings. The summed E-state index contributed by atoms with van der Waals surface area (Å²) < 4.78 is 33.1. The minimum atomic E-state index is -3.35. The predicted molar refractivity (Wildman–Crippen MR) is 116 cm³/mol. The topological polar surface area (TPSA) is 75.7 Å². The molecule has 0 radical (unpaired) electrons. The number of nitrogens with one attached hydrogen (secondary N) is 1. The molecule has 6 nitrogen and oxygen atoms in total. The zero-order valence-electron chi connectivity index (χ0n) is 17.2. The Morgan fingerprint density at radius 2 is 2.00 bits per heavy atom. The van der Waals surface area contributed by atoms with E-state index in [0.29, 0.717) is 39.0 Å². The Kier molecular flexibility index (Phi) is 6.22. The van der Waals surface area contributed by atoms with Crippen molar-refractivity contribution >= 4 is 15.9 Å². The van der Waals surface area contributed by atoms with Gasteiger partial charge in [0.05, 0.1) is 31.4 Å². The van der Waals surface area contributed by atoms with Crippen molar-refractivity contribution < 1.29 is 17.9 Å². The Morgan fingerprint density at radius 1 is 1.17 bits per heavy atom. The highest BCUT2D eigenvalue weighted by Crippen LogP contribution is 2.29. The number of nitrogens with zero attached hydrogens (tertiary/aromatic N) is 1. The van der Waals surface area contributed by atoms with E-state index in [9.17, 15) is 13.2 Å². The summed E-state index contributed by atoms with van der Waals surface area (Å²) in [6, 6.07) is 16.0. The van der Waals surface area contributed by atoms with Crippen LogP contribution in [-0.2, 0) is 32.6 Å². The Labute approximate surface area is 178 Å². The summed E-state index contributed by atoms with van der Waals surface area (Å²) in [6.07, 6.45) is 1.53. The van der Waals surface area contributed by atoms with Crippen molar-refractivity contribution in [1.29, 1.82) is 0 Å². The Hall–Kier alpha value is -2.22. The number of rotatable bonds is 3. The molecule has 4 rings (SSSR count). The van der Waals surface area contributed by atoms with E-state index in [1.54, 1.807) is 6.92 Å². The first-order chi connectivity index (χ1) is 14.5. The van der Waals surface area contributed by atoms with Crippen molar-refractivity contribution in [2.24, 2.45) is 0 Å². The minimum Gasteiger partial charge on any atom is -0.376 e. The van der Waals surface area contributed by atoms with Crippen LogP contribution in [0, 0.1) is 0 Å². The fourth-order valence-corrected chi connectivity index (χ4v) is 5.29. The Balaban J connectivity index is 1.70. The van der Waals surface area contributed by atoms with Gasteiger partial charge in [0.1, 0.15) is 0 Å². The van der Waals surface area contributed by atoms with E-state index < -0.39 is 10.0 Å². The first kappa shape index (κ1) is 21.0. The van der Waals surface area contributed by atoms with Crippen LogP contribution >= 0.6 is 0 Å². The normalized spacial score (nSPS) is 22.4. The molecule has 30 heavy (non-hydrogen) atoms. The zero-order chi connectivity index (χ0) is 21.1. The third-order valence-corrected chi connectivity index (χ3v) is 7.42. The first-order valence-electron chi connectivity index (χ1n) is 10.5. The molecular weight excluding hydrogens is 400 g/mol. The Bertz CT molecular complexity index is 1020. The molecule has 1 saturated heterocycles. The van der Waals surface area contributed by atoms with Gasteiger partial charge in [0, 0.05) is 12.6 Å². The standard InChI is InChI=1S/C23H28N2O4S/c1-2-30(27,28)24-21-10-12-25-22(21)15-17-6-5-8-18(14-17)20-9-4-3-7-19(20)16-29-13-11-23(25)26/h3-9,14,21-22,24H,2,10-13,15-16H2,1H3. The van der Waals surface area contributed by atoms with Crippen LogP contribution in [0.25, 0.3) is 11.1 Å². The van der Waals surface area contributed by atoms with Gasteiger partial charge in [0.2, 0.25) is 15.9 Å². The summed E-state index contributed by atoms with van der Waals surface area (Å²) in [6.45, 7) is 2.98. The van der Waals surface area contributed by atoms with Gasteiger partial charge in [-0.3, -0.25) is 4.79 Å². The van der Waals surface area contributed by atoms with Gasteiger partial charge in [-0.05, 0) is 42.0 Å². The van der Waals surface area contributed by atoms with E-state index in [4.69, 9.17) is 4.74 Å². The van der Waals surface area contributed by atoms with Crippen LogP contribution in [0.3, 0.4) is 0 Å². The smallest absolute Gasteiger partial charge is 0.225 e. The second-order valence-electron chi connectivity index (χ2n) is 7.94. The molecule has 7 heteroatoms. The minimum absolute atomic E-state index is 0.0156. The second-order valence-corrected chi connectivity index (χ2v) is 9.98. The number of sulfonamides is 1. The monoisotopic (exact) mass is 428 g/mol. The van der Waals surface area contributed by atoms with Crippen LogP contribution in [0.5, 0.6) is 0 Å². The molecular formula is C23H28N2O4S. The fourth-order valence-electron chi connectivity index (χ4n) is 4.39. The number of amides is 1. The molecule has 2 aliphatic heterocycles. The summed E-state index contributed by atoms with van der Waals surface area (Å²) >= 11 is 0. The van der Waals surface area contributed by atoms with E-state index >= 15 is 0 Å². The lowest BCUT2D eigenvalue weighted by atomic mass is 9.95. The number of hydrogen-bond donors (Lipinski definition) is 1. The van der Waals surface area contributed by atoms with Crippen molar-refractivity contribution in [2.75, 3.05) is 18.9 Å². The molecule has 1 fully saturated rings. The van der Waals surface area contributed by atoms with Gasteiger partial charge in [-0.15, -0.1) is 0 Å². The maximum atomic E-state index is 12.9. The van der Waals surface area contributed by atoms with Crippen molar-refractivity contribution in [2.45, 2.75) is 44.9 Å². The average molecular weight is 429 g/mol. The summed E-state index contributed by atoms with van der Waals surface area (Å²) in [4.78, 5) is 14.8. The number of carbonyl (C=O) groups excluding carboxylic acids is 1. The van der Waals surface area contributed by atoms with Crippen molar-refractivity contribution in [3.05, 3.63) is 59.7 Å². The number of hydrogen-bond acceptors (Lipinski definition) is 4. The highest BCUT2D eigenvalue weighted by molar-refractivity contribution is 7.89. The third-order valence-electron chi connectivity index (χ3n) is 6.00. The highest BCUT2D eigenvalue weighted by Gasteiger charge is 2.38. The van der Waals surface area contributed by atoms with Gasteiger partial charge in [-0.25, -0.2) is 13.1 Å². The zero-order valence-corrected chi connectivity index (χ0v) is 18.0. The number of ether oxygens (including phenoxy) is 1. The lowest BCUT2D eigenvalue weighted by Gasteiger charge is -2.29. The summed E-state index contributed by atoms with van der Waals surface area (Å²) in [5.41, 5.74) is 4.41. The lowest BCUT2D eigenvalue weighted by Crippen LogP contribution is -2.48. The van der Waals surface area contributed by atoms with E-state index in [1.165, 1.54) is 0 Å². The van der Waals surface area contributed by atoms with E-state index in [0.717, 1.165) is 22.3 Å². The van der Waals surface area contributed by atoms with Gasteiger partial charge in [-0.2, -0.15) is 0 Å². The fraction of sp³-hybridized carbons (Fsp3) is 0.435. The summed E-state index contributed by atoms with van der Waals surface area (Å²) in [5.74, 6) is 0.0477. The number of benzene rings is 2. The highest BCUT2D eigenvalue weighted by atomic mass is 32.2. The molecule has 1 amide bonds. The predicted octanol–water partition coefficient (Wildman–Crippen LogP) is 2.73. The van der Waals surface area contributed by atoms with Crippen LogP contribution in [0.2, 0.25) is 0 Å². The molecule has 2 heterocycles. The van der Waals surface area contributed by atoms with Crippen LogP contribution in [-0.4, -0.2) is 50.2 Å². The Morgan fingerprint density at radius 3 is 2.83 bits per heavy atom. The van der Waals surface area contributed by atoms with E-state index in [-0.39, 0.29) is 23.7 Å². The molecule has 2 bridgehead atoms. The number of fused-ring (bicyclic) bond motifs is 5. The average Bonchev–Trinajstić information content (AvgIpc) is 3.12. The summed E-state index contributed by atoms with van der Waals surface area (Å²) in [5, 5.41) is 0. The molecule has 2 aromatic carbocycles. The molecule has 0 saturated carbocycles. The maximum absolute atomic E-state index is 12.9. The lowest BCUT2D eigenvalue weighted by molar-refractivity contribution is -0.133. The van der Waals surface area contributed by atoms with Crippen molar-refractivity contribution in [3.8, 4) is 11.1 Å². The van der Waals surface area contributed by atoms with Crippen LogP contribution < -0.4 is 4.72 Å². The largest absolute Gasteiger partial charge is 0.376 e. The second kappa shape index (κ2) is 8.88. The summed E-state index contributed by atoms with van der Waals surface area (Å²) in [7, 11) is -3.35. The van der Waals surface area contributed by atoms with Gasteiger partial charge in [0.15, 0.2) is 0 Å². The molecule has 1 N–H and O–H groups in total. The first-order valence-corrected chi connectivity index (χ1v) is 12.2. The van der Waals surface area contributed by atoms with Crippen LogP contribution in [0.1, 0.15) is 30.9 Å². The van der Waals surface area contributed by atoms with Gasteiger partial charge < -0.3 is 9.64 Å². The van der Waals surface area contributed by atoms with Crippen LogP contribution in [0.15, 0.2) is 48.5 Å². The van der Waals surface area contributed by atoms with Crippen molar-refractivity contribution in [1.82, 2.24) is 9.62 Å². The molecule has 0 aliphatic carbocycles. The molecule has 2 unspecified atom stereocenters. The maximum Gasteiger partial charge on any atom is 0.225 e. The number of carbonyl (C=O) groups is 1. The van der Waals surface area contributed by atoms with E-state index in [1.807, 2.05) is 23.1 Å². The van der Waals surface area contributed by atoms with E-state index in [2.05, 4.69) is 35.1 Å². The van der Waals surface area contributed by atoms with Gasteiger partial charge in [0.25, 0.3) is 0 Å². The molecule has 0 aromatic heterocycles. The molecule has 2 atom stereocenters. The third kappa shape index (κ3) is 4.58. The molecule has 160 valence electrons. The van der Waals surface area contributed by atoms with Gasteiger partial charge >= 0.3 is 0 Å². The quantitative estimate of drug-likeness (QED) is 0.816. The molecule has 2 aliphatic rings. The molecule has 0 spiro atoms. The van der Waals surface area contributed by atoms with Crippen molar-refractivity contribution in [3.63, 3.8) is 0 Å². The van der Waals surface area contributed by atoms with Crippen LogP contribution in [0.4, 0.5) is 0 Å². The van der Waals surface area contributed by atoms with Gasteiger partial charge in [-0.1, -0.05) is 48.5 Å². The SMILES string of the molecule is CCS(=O)(=O)NC1CCN2C(=O)CCOCc3ccccc3-c3cccc(c3)CC12.